The van der Waals surface area contributed by atoms with Gasteiger partial charge in [-0.05, 0) is 43.9 Å². The quantitative estimate of drug-likeness (QED) is 0.823. The zero-order valence-corrected chi connectivity index (χ0v) is 15.2. The standard InChI is InChI=1S/C20H30N2O2/c1-4-15(3)21-19(24)20(13-7-6-8-14-20)16-9-11-17(12-10-16)22-18(23)5-2/h9-12,15H,4-8,13-14H2,1-3H3,(H,21,24)(H,22,23)/t15-/m0/s1. The van der Waals surface area contributed by atoms with Crippen LogP contribution >= 0.6 is 0 Å². The second-order valence-electron chi connectivity index (χ2n) is 6.90. The third-order valence-electron chi connectivity index (χ3n) is 5.17. The predicted octanol–water partition coefficient (Wildman–Crippen LogP) is 4.15. The SMILES string of the molecule is CCC(=O)Nc1ccc(C2(C(=O)N[C@@H](C)CC)CCCCC2)cc1. The number of nitrogens with one attached hydrogen (secondary N) is 2. The molecule has 24 heavy (non-hydrogen) atoms. The molecule has 132 valence electrons. The molecule has 2 N–H and O–H groups in total. The van der Waals surface area contributed by atoms with Crippen molar-refractivity contribution < 1.29 is 9.59 Å². The first-order chi connectivity index (χ1) is 11.5. The summed E-state index contributed by atoms with van der Waals surface area (Å²) in [5.74, 6) is 0.159. The van der Waals surface area contributed by atoms with Gasteiger partial charge in [-0.25, -0.2) is 0 Å². The molecular formula is C20H30N2O2. The van der Waals surface area contributed by atoms with E-state index < -0.39 is 5.41 Å². The molecule has 0 unspecified atom stereocenters. The lowest BCUT2D eigenvalue weighted by Gasteiger charge is -2.37. The van der Waals surface area contributed by atoms with Gasteiger partial charge in [0.15, 0.2) is 0 Å². The van der Waals surface area contributed by atoms with Crippen LogP contribution in [0.25, 0.3) is 0 Å². The minimum atomic E-state index is -0.422. The Labute approximate surface area is 145 Å². The second kappa shape index (κ2) is 8.32. The van der Waals surface area contributed by atoms with Gasteiger partial charge < -0.3 is 10.6 Å². The maximum atomic E-state index is 13.0. The Hall–Kier alpha value is -1.84. The van der Waals surface area contributed by atoms with E-state index in [1.54, 1.807) is 0 Å². The number of carbonyl (C=O) groups excluding carboxylic acids is 2. The Morgan fingerprint density at radius 2 is 1.71 bits per heavy atom. The Kier molecular flexibility index (Phi) is 6.41. The normalized spacial score (nSPS) is 17.8. The molecule has 0 saturated heterocycles. The lowest BCUT2D eigenvalue weighted by atomic mass is 9.68. The van der Waals surface area contributed by atoms with E-state index in [9.17, 15) is 9.59 Å². The summed E-state index contributed by atoms with van der Waals surface area (Å²) < 4.78 is 0. The largest absolute Gasteiger partial charge is 0.353 e. The van der Waals surface area contributed by atoms with Crippen molar-refractivity contribution in [1.82, 2.24) is 5.32 Å². The highest BCUT2D eigenvalue weighted by atomic mass is 16.2. The fourth-order valence-electron chi connectivity index (χ4n) is 3.39. The zero-order chi connectivity index (χ0) is 17.6. The van der Waals surface area contributed by atoms with E-state index in [2.05, 4.69) is 24.5 Å². The monoisotopic (exact) mass is 330 g/mol. The average Bonchev–Trinajstić information content (AvgIpc) is 2.62. The third kappa shape index (κ3) is 4.16. The first-order valence-corrected chi connectivity index (χ1v) is 9.23. The summed E-state index contributed by atoms with van der Waals surface area (Å²) in [6.45, 7) is 5.97. The minimum Gasteiger partial charge on any atom is -0.353 e. The number of amides is 2. The summed E-state index contributed by atoms with van der Waals surface area (Å²) in [7, 11) is 0. The van der Waals surface area contributed by atoms with Crippen LogP contribution in [-0.2, 0) is 15.0 Å². The van der Waals surface area contributed by atoms with Gasteiger partial charge in [0.1, 0.15) is 0 Å². The van der Waals surface area contributed by atoms with Gasteiger partial charge in [-0.1, -0.05) is 45.2 Å². The van der Waals surface area contributed by atoms with Crippen LogP contribution in [0.3, 0.4) is 0 Å². The summed E-state index contributed by atoms with van der Waals surface area (Å²) in [4.78, 5) is 24.5. The van der Waals surface area contributed by atoms with E-state index in [4.69, 9.17) is 0 Å². The summed E-state index contributed by atoms with van der Waals surface area (Å²) in [6.07, 6.45) is 6.56. The van der Waals surface area contributed by atoms with Crippen molar-refractivity contribution in [2.24, 2.45) is 0 Å². The summed E-state index contributed by atoms with van der Waals surface area (Å²) in [5.41, 5.74) is 1.44. The molecule has 1 atom stereocenters. The first-order valence-electron chi connectivity index (χ1n) is 9.23. The highest BCUT2D eigenvalue weighted by Gasteiger charge is 2.41. The molecular weight excluding hydrogens is 300 g/mol. The fraction of sp³-hybridized carbons (Fsp3) is 0.600. The minimum absolute atomic E-state index is 0.00430. The lowest BCUT2D eigenvalue weighted by Crippen LogP contribution is -2.48. The van der Waals surface area contributed by atoms with Gasteiger partial charge in [0.25, 0.3) is 0 Å². The maximum Gasteiger partial charge on any atom is 0.230 e. The van der Waals surface area contributed by atoms with Crippen molar-refractivity contribution in [3.63, 3.8) is 0 Å². The molecule has 4 nitrogen and oxygen atoms in total. The molecule has 1 aromatic carbocycles. The molecule has 2 amide bonds. The van der Waals surface area contributed by atoms with Crippen LogP contribution in [0.5, 0.6) is 0 Å². The van der Waals surface area contributed by atoms with Crippen molar-refractivity contribution in [3.8, 4) is 0 Å². The maximum absolute atomic E-state index is 13.0. The fourth-order valence-corrected chi connectivity index (χ4v) is 3.39. The molecule has 1 aliphatic carbocycles. The van der Waals surface area contributed by atoms with E-state index >= 15 is 0 Å². The van der Waals surface area contributed by atoms with Crippen molar-refractivity contribution in [2.45, 2.75) is 77.2 Å². The van der Waals surface area contributed by atoms with Crippen LogP contribution in [0.1, 0.15) is 71.3 Å². The van der Waals surface area contributed by atoms with Crippen LogP contribution in [0.2, 0.25) is 0 Å². The Bertz CT molecular complexity index is 560. The van der Waals surface area contributed by atoms with Crippen LogP contribution in [0, 0.1) is 0 Å². The topological polar surface area (TPSA) is 58.2 Å². The average molecular weight is 330 g/mol. The molecule has 0 aliphatic heterocycles. The van der Waals surface area contributed by atoms with E-state index in [-0.39, 0.29) is 17.9 Å². The first kappa shape index (κ1) is 18.5. The number of anilines is 1. The van der Waals surface area contributed by atoms with Gasteiger partial charge in [0, 0.05) is 18.2 Å². The van der Waals surface area contributed by atoms with Gasteiger partial charge in [-0.3, -0.25) is 9.59 Å². The molecule has 0 aromatic heterocycles. The van der Waals surface area contributed by atoms with Crippen molar-refractivity contribution in [1.29, 1.82) is 0 Å². The summed E-state index contributed by atoms with van der Waals surface area (Å²) >= 11 is 0. The highest BCUT2D eigenvalue weighted by molar-refractivity contribution is 5.91. The van der Waals surface area contributed by atoms with E-state index in [0.717, 1.165) is 43.4 Å². The second-order valence-corrected chi connectivity index (χ2v) is 6.90. The summed E-state index contributed by atoms with van der Waals surface area (Å²) in [5, 5.41) is 6.05. The van der Waals surface area contributed by atoms with Crippen LogP contribution < -0.4 is 10.6 Å². The van der Waals surface area contributed by atoms with Crippen LogP contribution in [0.4, 0.5) is 5.69 Å². The van der Waals surface area contributed by atoms with E-state index in [1.165, 1.54) is 6.42 Å². The van der Waals surface area contributed by atoms with Crippen molar-refractivity contribution in [2.75, 3.05) is 5.32 Å². The zero-order valence-electron chi connectivity index (χ0n) is 15.2. The highest BCUT2D eigenvalue weighted by Crippen LogP contribution is 2.40. The van der Waals surface area contributed by atoms with E-state index in [1.807, 2.05) is 31.2 Å². The molecule has 4 heteroatoms. The molecule has 0 spiro atoms. The number of hydrogen-bond donors (Lipinski definition) is 2. The van der Waals surface area contributed by atoms with Gasteiger partial charge in [-0.15, -0.1) is 0 Å². The Morgan fingerprint density at radius 3 is 2.25 bits per heavy atom. The number of carbonyl (C=O) groups is 2. The van der Waals surface area contributed by atoms with Gasteiger partial charge in [0.05, 0.1) is 5.41 Å². The molecule has 1 fully saturated rings. The van der Waals surface area contributed by atoms with Gasteiger partial charge in [0.2, 0.25) is 11.8 Å². The molecule has 0 radical (unpaired) electrons. The molecule has 2 rings (SSSR count). The molecule has 1 saturated carbocycles. The number of hydrogen-bond acceptors (Lipinski definition) is 2. The summed E-state index contributed by atoms with van der Waals surface area (Å²) in [6, 6.07) is 8.03. The number of benzene rings is 1. The molecule has 0 bridgehead atoms. The van der Waals surface area contributed by atoms with Gasteiger partial charge in [-0.2, -0.15) is 0 Å². The molecule has 0 heterocycles. The van der Waals surface area contributed by atoms with Crippen LogP contribution in [0.15, 0.2) is 24.3 Å². The molecule has 1 aliphatic rings. The number of rotatable bonds is 6. The molecule has 1 aromatic rings. The Balaban J connectivity index is 2.24. The Morgan fingerprint density at radius 1 is 1.08 bits per heavy atom. The predicted molar refractivity (Wildman–Crippen MR) is 98.0 cm³/mol. The van der Waals surface area contributed by atoms with Crippen molar-refractivity contribution in [3.05, 3.63) is 29.8 Å². The van der Waals surface area contributed by atoms with E-state index in [0.29, 0.717) is 6.42 Å². The van der Waals surface area contributed by atoms with Crippen molar-refractivity contribution >= 4 is 17.5 Å². The smallest absolute Gasteiger partial charge is 0.230 e. The van der Waals surface area contributed by atoms with Crippen LogP contribution in [-0.4, -0.2) is 17.9 Å². The van der Waals surface area contributed by atoms with Gasteiger partial charge >= 0.3 is 0 Å². The third-order valence-corrected chi connectivity index (χ3v) is 5.17. The lowest BCUT2D eigenvalue weighted by molar-refractivity contribution is -0.128.